The van der Waals surface area contributed by atoms with Crippen molar-refractivity contribution < 1.29 is 4.42 Å². The Kier molecular flexibility index (Phi) is 7.59. The summed E-state index contributed by atoms with van der Waals surface area (Å²) in [7, 11) is 20.8. The van der Waals surface area contributed by atoms with Crippen molar-refractivity contribution in [1.82, 2.24) is 0 Å². The largest absolute Gasteiger partial charge is 0.456 e. The van der Waals surface area contributed by atoms with Crippen LogP contribution in [0.25, 0.3) is 77.2 Å². The number of hydrogen-bond acceptors (Lipinski definition) is 1. The third kappa shape index (κ3) is 4.57. The molecule has 244 valence electrons. The van der Waals surface area contributed by atoms with Gasteiger partial charge in [-0.05, 0) is 78.2 Å². The van der Waals surface area contributed by atoms with Gasteiger partial charge in [-0.25, -0.2) is 0 Å². The molecule has 7 aromatic carbocycles. The van der Waals surface area contributed by atoms with E-state index < -0.39 is 0 Å². The fraction of sp³-hybridized carbons (Fsp3) is 0.0698. The Hall–Kier alpha value is -4.82. The summed E-state index contributed by atoms with van der Waals surface area (Å²) in [6.07, 6.45) is 0. The zero-order chi connectivity index (χ0) is 37.2. The number of rotatable bonds is 3. The lowest BCUT2D eigenvalue weighted by Crippen LogP contribution is -2.55. The molecule has 0 aliphatic heterocycles. The molecule has 0 saturated heterocycles. The Labute approximate surface area is 321 Å². The van der Waals surface area contributed by atoms with E-state index in [-0.39, 0.29) is 5.41 Å². The van der Waals surface area contributed by atoms with E-state index in [0.717, 1.165) is 22.3 Å². The summed E-state index contributed by atoms with van der Waals surface area (Å²) in [5.41, 5.74) is 24.9. The minimum atomic E-state index is -0.0741. The summed E-state index contributed by atoms with van der Waals surface area (Å²) >= 11 is 0. The molecule has 0 atom stereocenters. The van der Waals surface area contributed by atoms with Crippen molar-refractivity contribution in [3.63, 3.8) is 0 Å². The first-order valence-corrected chi connectivity index (χ1v) is 19.1. The molecule has 1 heterocycles. The first-order valence-electron chi connectivity index (χ1n) is 19.1. The van der Waals surface area contributed by atoms with Crippen LogP contribution < -0.4 is 49.2 Å². The van der Waals surface area contributed by atoms with Crippen LogP contribution in [0.5, 0.6) is 0 Å². The Bertz CT molecular complexity index is 2890. The van der Waals surface area contributed by atoms with E-state index in [9.17, 15) is 0 Å². The van der Waals surface area contributed by atoms with E-state index in [2.05, 4.69) is 175 Å². The van der Waals surface area contributed by atoms with Crippen molar-refractivity contribution in [2.24, 2.45) is 0 Å². The van der Waals surface area contributed by atoms with E-state index >= 15 is 0 Å². The van der Waals surface area contributed by atoms with E-state index in [0.29, 0.717) is 0 Å². The van der Waals surface area contributed by atoms with E-state index in [1.165, 1.54) is 115 Å². The molecule has 0 bridgehead atoms. The molecule has 0 amide bonds. The summed E-state index contributed by atoms with van der Waals surface area (Å²) in [6, 6.07) is 33.7. The molecule has 0 saturated carbocycles. The molecule has 8 aromatic rings. The Balaban J connectivity index is 1.41. The van der Waals surface area contributed by atoms with Crippen molar-refractivity contribution in [2.45, 2.75) is 19.3 Å². The third-order valence-corrected chi connectivity index (χ3v) is 13.6. The minimum absolute atomic E-state index is 0.0741. The Morgan fingerprint density at radius 2 is 0.887 bits per heavy atom. The van der Waals surface area contributed by atoms with Crippen LogP contribution >= 0.6 is 0 Å². The average molecular weight is 669 g/mol. The highest BCUT2D eigenvalue weighted by atomic mass is 16.3. The van der Waals surface area contributed by atoms with Gasteiger partial charge >= 0.3 is 0 Å². The lowest BCUT2D eigenvalue weighted by atomic mass is 9.58. The van der Waals surface area contributed by atoms with E-state index in [1.807, 2.05) is 0 Å². The van der Waals surface area contributed by atoms with Gasteiger partial charge in [0.15, 0.2) is 0 Å². The lowest BCUT2D eigenvalue weighted by Gasteiger charge is -2.28. The molecule has 53 heavy (non-hydrogen) atoms. The average Bonchev–Trinajstić information content (AvgIpc) is 3.71. The van der Waals surface area contributed by atoms with Gasteiger partial charge in [0, 0.05) is 16.4 Å². The van der Waals surface area contributed by atoms with E-state index in [4.69, 9.17) is 4.42 Å². The highest BCUT2D eigenvalue weighted by Gasteiger charge is 2.37. The molecule has 1 aromatic heterocycles. The van der Waals surface area contributed by atoms with Gasteiger partial charge in [-0.2, -0.15) is 0 Å². The van der Waals surface area contributed by atoms with Crippen LogP contribution in [0.15, 0.2) is 95.4 Å². The van der Waals surface area contributed by atoms with Crippen LogP contribution in [-0.4, -0.2) is 70.6 Å². The Morgan fingerprint density at radius 1 is 0.396 bits per heavy atom. The van der Waals surface area contributed by atoms with Crippen LogP contribution in [0.1, 0.15) is 25.0 Å². The minimum Gasteiger partial charge on any atom is -0.456 e. The van der Waals surface area contributed by atoms with Crippen LogP contribution in [0, 0.1) is 0 Å². The van der Waals surface area contributed by atoms with Gasteiger partial charge in [0.05, 0.1) is 0 Å². The molecule has 10 heteroatoms. The van der Waals surface area contributed by atoms with Gasteiger partial charge in [0.25, 0.3) is 0 Å². The second-order valence-corrected chi connectivity index (χ2v) is 16.3. The predicted octanol–water partition coefficient (Wildman–Crippen LogP) is -3.63. The SMILES string of the molecule is Bc1c(B)c(B)c(-c2c3ccccc3c(-c3cccc4oc(-c5cccc6c5-c5ccccc5C6(C)C)cc34)c3c(B)c(B)c(B)c(B)c23)c(B)c1B. The zero-order valence-corrected chi connectivity index (χ0v) is 33.1. The van der Waals surface area contributed by atoms with Crippen molar-refractivity contribution in [3.8, 4) is 44.7 Å². The number of benzene rings is 7. The maximum atomic E-state index is 6.91. The summed E-state index contributed by atoms with van der Waals surface area (Å²) in [4.78, 5) is 0. The Morgan fingerprint density at radius 3 is 1.57 bits per heavy atom. The van der Waals surface area contributed by atoms with Gasteiger partial charge in [-0.3, -0.25) is 0 Å². The summed E-state index contributed by atoms with van der Waals surface area (Å²) in [5.74, 6) is 0.916. The van der Waals surface area contributed by atoms with Crippen LogP contribution in [-0.2, 0) is 5.41 Å². The fourth-order valence-corrected chi connectivity index (χ4v) is 9.91. The molecule has 1 nitrogen and oxygen atoms in total. The smallest absolute Gasteiger partial charge is 0.139 e. The second-order valence-electron chi connectivity index (χ2n) is 16.3. The summed E-state index contributed by atoms with van der Waals surface area (Å²) in [5, 5.41) is 6.45. The number of furan rings is 1. The third-order valence-electron chi connectivity index (χ3n) is 13.6. The van der Waals surface area contributed by atoms with Gasteiger partial charge in [0.2, 0.25) is 0 Å². The van der Waals surface area contributed by atoms with Gasteiger partial charge < -0.3 is 4.42 Å². The molecule has 0 radical (unpaired) electrons. The first-order chi connectivity index (χ1) is 25.3. The quantitative estimate of drug-likeness (QED) is 0.140. The molecule has 0 fully saturated rings. The zero-order valence-electron chi connectivity index (χ0n) is 33.1. The molecule has 0 unspecified atom stereocenters. The number of hydrogen-bond donors (Lipinski definition) is 0. The number of fused-ring (bicyclic) bond motifs is 6. The highest BCUT2D eigenvalue weighted by Crippen LogP contribution is 2.53. The predicted molar refractivity (Wildman–Crippen MR) is 259 cm³/mol. The van der Waals surface area contributed by atoms with Gasteiger partial charge in [-0.15, -0.1) is 27.3 Å². The molecular weight excluding hydrogens is 630 g/mol. The molecule has 1 aliphatic carbocycles. The normalized spacial score (nSPS) is 13.2. The summed E-state index contributed by atoms with van der Waals surface area (Å²) in [6.45, 7) is 4.68. The van der Waals surface area contributed by atoms with Crippen molar-refractivity contribution in [2.75, 3.05) is 0 Å². The molecule has 9 rings (SSSR count). The summed E-state index contributed by atoms with van der Waals surface area (Å²) < 4.78 is 6.91. The molecule has 0 spiro atoms. The molecular formula is C43H39B9O. The topological polar surface area (TPSA) is 13.1 Å². The van der Waals surface area contributed by atoms with Crippen molar-refractivity contribution in [3.05, 3.63) is 102 Å². The van der Waals surface area contributed by atoms with Gasteiger partial charge in [0.1, 0.15) is 82.0 Å². The lowest BCUT2D eigenvalue weighted by molar-refractivity contribution is 0.631. The molecule has 1 aliphatic rings. The van der Waals surface area contributed by atoms with E-state index in [1.54, 1.807) is 0 Å². The monoisotopic (exact) mass is 670 g/mol. The van der Waals surface area contributed by atoms with Crippen molar-refractivity contribution >= 4 is 152 Å². The maximum absolute atomic E-state index is 6.91. The highest BCUT2D eigenvalue weighted by molar-refractivity contribution is 6.71. The maximum Gasteiger partial charge on any atom is 0.139 e. The van der Waals surface area contributed by atoms with Crippen LogP contribution in [0.3, 0.4) is 0 Å². The van der Waals surface area contributed by atoms with Crippen LogP contribution in [0.2, 0.25) is 0 Å². The van der Waals surface area contributed by atoms with Gasteiger partial charge in [-0.1, -0.05) is 115 Å². The van der Waals surface area contributed by atoms with Crippen LogP contribution in [0.4, 0.5) is 0 Å². The fourth-order valence-electron chi connectivity index (χ4n) is 9.91. The van der Waals surface area contributed by atoms with Crippen molar-refractivity contribution in [1.29, 1.82) is 0 Å². The standard InChI is InChI=1S/C43H39B9O/c1-43(2)24-14-6-5-11-21(24)28-22(13-7-15-25(28)43)27-17-23-20(12-8-16-26(23)53-27)29-18-9-3-4-10-19(18)30(32-31(29)34(44)38(48)39(49)35(32)45)33-36(46)40(50)42(52)41(51)37(33)47/h3-17H,44-52H2,1-2H3. The second kappa shape index (κ2) is 11.8. The molecule has 0 N–H and O–H groups in total. The first kappa shape index (κ1) is 34.0.